The van der Waals surface area contributed by atoms with Gasteiger partial charge >= 0.3 is 11.7 Å². The number of likely N-dealkylation sites (N-methyl/N-ethyl adjacent to an activating group) is 1. The number of carbonyl (C=O) groups is 2. The first-order valence-electron chi connectivity index (χ1n) is 6.33. The number of hydrogen-bond donors (Lipinski definition) is 1. The predicted octanol–water partition coefficient (Wildman–Crippen LogP) is 1.33. The number of nitrogens with zero attached hydrogens (tertiary/aromatic N) is 2. The van der Waals surface area contributed by atoms with Crippen molar-refractivity contribution >= 4 is 17.6 Å². The maximum atomic E-state index is 12.2. The van der Waals surface area contributed by atoms with Gasteiger partial charge in [-0.1, -0.05) is 0 Å². The van der Waals surface area contributed by atoms with Crippen LogP contribution in [0.1, 0.15) is 24.2 Å². The second-order valence-electron chi connectivity index (χ2n) is 4.08. The number of rotatable bonds is 6. The Hall–Kier alpha value is -2.64. The molecular weight excluding hydrogens is 280 g/mol. The standard InChI is InChI=1S/C13H16N2O6/c1-3-14(8-12(17)21-4-2)13(18)9-5-6-10(15(19)20)11(16)7-9/h5-7,16H,3-4,8H2,1-2H3. The van der Waals surface area contributed by atoms with E-state index in [1.165, 1.54) is 11.0 Å². The Balaban J connectivity index is 2.92. The minimum absolute atomic E-state index is 0.0595. The van der Waals surface area contributed by atoms with Gasteiger partial charge in [-0.3, -0.25) is 19.7 Å². The summed E-state index contributed by atoms with van der Waals surface area (Å²) in [5.74, 6) is -1.66. The number of esters is 1. The van der Waals surface area contributed by atoms with Crippen LogP contribution in [0.3, 0.4) is 0 Å². The number of carbonyl (C=O) groups excluding carboxylic acids is 2. The number of phenolic OH excluding ortho intramolecular Hbond substituents is 1. The van der Waals surface area contributed by atoms with E-state index in [-0.39, 0.29) is 25.3 Å². The molecule has 0 radical (unpaired) electrons. The van der Waals surface area contributed by atoms with E-state index >= 15 is 0 Å². The van der Waals surface area contributed by atoms with Crippen LogP contribution < -0.4 is 0 Å². The van der Waals surface area contributed by atoms with Crippen molar-refractivity contribution in [2.75, 3.05) is 19.7 Å². The van der Waals surface area contributed by atoms with Gasteiger partial charge in [-0.05, 0) is 26.0 Å². The smallest absolute Gasteiger partial charge is 0.325 e. The molecule has 0 bridgehead atoms. The number of nitro groups is 1. The predicted molar refractivity (Wildman–Crippen MR) is 73.0 cm³/mol. The van der Waals surface area contributed by atoms with E-state index in [0.717, 1.165) is 12.1 Å². The highest BCUT2D eigenvalue weighted by Crippen LogP contribution is 2.26. The number of aromatic hydroxyl groups is 1. The molecule has 1 aromatic carbocycles. The molecular formula is C13H16N2O6. The van der Waals surface area contributed by atoms with Gasteiger partial charge in [0.05, 0.1) is 11.5 Å². The molecule has 0 unspecified atom stereocenters. The molecule has 0 fully saturated rings. The molecule has 21 heavy (non-hydrogen) atoms. The van der Waals surface area contributed by atoms with Crippen molar-refractivity contribution in [3.63, 3.8) is 0 Å². The topological polar surface area (TPSA) is 110 Å². The number of phenols is 1. The van der Waals surface area contributed by atoms with Gasteiger partial charge in [0.15, 0.2) is 5.75 Å². The SMILES string of the molecule is CCOC(=O)CN(CC)C(=O)c1ccc([N+](=O)[O-])c(O)c1. The number of nitro benzene ring substituents is 1. The number of ether oxygens (including phenoxy) is 1. The third-order valence-corrected chi connectivity index (χ3v) is 2.71. The van der Waals surface area contributed by atoms with E-state index in [4.69, 9.17) is 4.74 Å². The summed E-state index contributed by atoms with van der Waals surface area (Å²) in [6.45, 7) is 3.59. The maximum Gasteiger partial charge on any atom is 0.325 e. The van der Waals surface area contributed by atoms with Crippen molar-refractivity contribution in [1.82, 2.24) is 4.90 Å². The molecule has 0 aliphatic heterocycles. The summed E-state index contributed by atoms with van der Waals surface area (Å²) < 4.78 is 4.76. The van der Waals surface area contributed by atoms with E-state index in [9.17, 15) is 24.8 Å². The van der Waals surface area contributed by atoms with Gasteiger partial charge in [-0.2, -0.15) is 0 Å². The fraction of sp³-hybridized carbons (Fsp3) is 0.385. The molecule has 1 aromatic rings. The second kappa shape index (κ2) is 7.22. The molecule has 1 N–H and O–H groups in total. The Kier molecular flexibility index (Phi) is 5.65. The Bertz CT molecular complexity index is 558. The first-order valence-corrected chi connectivity index (χ1v) is 6.33. The summed E-state index contributed by atoms with van der Waals surface area (Å²) >= 11 is 0. The molecule has 0 atom stereocenters. The number of amides is 1. The van der Waals surface area contributed by atoms with Crippen LogP contribution in [0.25, 0.3) is 0 Å². The van der Waals surface area contributed by atoms with Crippen molar-refractivity contribution in [3.05, 3.63) is 33.9 Å². The molecule has 0 aromatic heterocycles. The lowest BCUT2D eigenvalue weighted by Gasteiger charge is -2.19. The summed E-state index contributed by atoms with van der Waals surface area (Å²) in [6.07, 6.45) is 0. The quantitative estimate of drug-likeness (QED) is 0.481. The molecule has 0 aliphatic rings. The second-order valence-corrected chi connectivity index (χ2v) is 4.08. The highest BCUT2D eigenvalue weighted by Gasteiger charge is 2.21. The molecule has 0 spiro atoms. The molecule has 0 saturated heterocycles. The van der Waals surface area contributed by atoms with Gasteiger partial charge in [0.1, 0.15) is 6.54 Å². The zero-order chi connectivity index (χ0) is 16.0. The highest BCUT2D eigenvalue weighted by atomic mass is 16.6. The maximum absolute atomic E-state index is 12.2. The fourth-order valence-electron chi connectivity index (χ4n) is 1.68. The van der Waals surface area contributed by atoms with Gasteiger partial charge in [0, 0.05) is 18.2 Å². The summed E-state index contributed by atoms with van der Waals surface area (Å²) in [7, 11) is 0. The average molecular weight is 296 g/mol. The van der Waals surface area contributed by atoms with E-state index in [0.29, 0.717) is 0 Å². The highest BCUT2D eigenvalue weighted by molar-refractivity contribution is 5.96. The number of benzene rings is 1. The summed E-state index contributed by atoms with van der Waals surface area (Å²) in [6, 6.07) is 3.28. The summed E-state index contributed by atoms with van der Waals surface area (Å²) in [5, 5.41) is 20.1. The van der Waals surface area contributed by atoms with E-state index in [1.54, 1.807) is 13.8 Å². The van der Waals surface area contributed by atoms with Crippen LogP contribution in [0.15, 0.2) is 18.2 Å². The third kappa shape index (κ3) is 4.16. The lowest BCUT2D eigenvalue weighted by molar-refractivity contribution is -0.385. The first kappa shape index (κ1) is 16.4. The average Bonchev–Trinajstić information content (AvgIpc) is 2.43. The first-order chi connectivity index (χ1) is 9.90. The normalized spacial score (nSPS) is 10.0. The molecule has 1 rings (SSSR count). The molecule has 114 valence electrons. The van der Waals surface area contributed by atoms with E-state index in [1.807, 2.05) is 0 Å². The van der Waals surface area contributed by atoms with Crippen molar-refractivity contribution < 1.29 is 24.4 Å². The molecule has 8 nitrogen and oxygen atoms in total. The zero-order valence-electron chi connectivity index (χ0n) is 11.7. The van der Waals surface area contributed by atoms with Gasteiger partial charge in [-0.25, -0.2) is 0 Å². The molecule has 8 heteroatoms. The summed E-state index contributed by atoms with van der Waals surface area (Å²) in [4.78, 5) is 34.7. The monoisotopic (exact) mass is 296 g/mol. The number of hydrogen-bond acceptors (Lipinski definition) is 6. The van der Waals surface area contributed by atoms with Crippen LogP contribution in [-0.2, 0) is 9.53 Å². The summed E-state index contributed by atoms with van der Waals surface area (Å²) in [5.41, 5.74) is -0.427. The Morgan fingerprint density at radius 3 is 2.52 bits per heavy atom. The van der Waals surface area contributed by atoms with Crippen LogP contribution in [0, 0.1) is 10.1 Å². The zero-order valence-corrected chi connectivity index (χ0v) is 11.7. The Morgan fingerprint density at radius 1 is 1.38 bits per heavy atom. The van der Waals surface area contributed by atoms with Gasteiger partial charge < -0.3 is 14.7 Å². The van der Waals surface area contributed by atoms with E-state index < -0.39 is 28.2 Å². The minimum Gasteiger partial charge on any atom is -0.502 e. The van der Waals surface area contributed by atoms with Crippen molar-refractivity contribution in [2.24, 2.45) is 0 Å². The van der Waals surface area contributed by atoms with Crippen LogP contribution in [0.2, 0.25) is 0 Å². The Morgan fingerprint density at radius 2 is 2.05 bits per heavy atom. The Labute approximate surface area is 121 Å². The molecule has 0 aliphatic carbocycles. The minimum atomic E-state index is -0.750. The van der Waals surface area contributed by atoms with Gasteiger partial charge in [0.2, 0.25) is 0 Å². The van der Waals surface area contributed by atoms with Crippen LogP contribution >= 0.6 is 0 Å². The lowest BCUT2D eigenvalue weighted by Crippen LogP contribution is -2.36. The van der Waals surface area contributed by atoms with Gasteiger partial charge in [0.25, 0.3) is 5.91 Å². The van der Waals surface area contributed by atoms with Crippen molar-refractivity contribution in [1.29, 1.82) is 0 Å². The van der Waals surface area contributed by atoms with Crippen molar-refractivity contribution in [3.8, 4) is 5.75 Å². The largest absolute Gasteiger partial charge is 0.502 e. The van der Waals surface area contributed by atoms with Crippen LogP contribution in [0.5, 0.6) is 5.75 Å². The molecule has 0 heterocycles. The third-order valence-electron chi connectivity index (χ3n) is 2.71. The van der Waals surface area contributed by atoms with Crippen LogP contribution in [-0.4, -0.2) is 46.5 Å². The lowest BCUT2D eigenvalue weighted by atomic mass is 10.1. The molecule has 1 amide bonds. The van der Waals surface area contributed by atoms with Crippen molar-refractivity contribution in [2.45, 2.75) is 13.8 Å². The van der Waals surface area contributed by atoms with Crippen LogP contribution in [0.4, 0.5) is 5.69 Å². The molecule has 0 saturated carbocycles. The van der Waals surface area contributed by atoms with E-state index in [2.05, 4.69) is 0 Å². The van der Waals surface area contributed by atoms with Gasteiger partial charge in [-0.15, -0.1) is 0 Å². The fourth-order valence-corrected chi connectivity index (χ4v) is 1.68.